The fourth-order valence-corrected chi connectivity index (χ4v) is 3.52. The summed E-state index contributed by atoms with van der Waals surface area (Å²) < 4.78 is 17.9. The van der Waals surface area contributed by atoms with Crippen LogP contribution in [0.15, 0.2) is 65.6 Å². The molecule has 0 bridgehead atoms. The summed E-state index contributed by atoms with van der Waals surface area (Å²) >= 11 is 0. The lowest BCUT2D eigenvalue weighted by molar-refractivity contribution is 0.262. The Morgan fingerprint density at radius 1 is 0.886 bits per heavy atom. The fourth-order valence-electron chi connectivity index (χ4n) is 3.52. The first-order valence-corrected chi connectivity index (χ1v) is 10.9. The van der Waals surface area contributed by atoms with Gasteiger partial charge in [0.1, 0.15) is 18.0 Å². The Balaban J connectivity index is 1.45. The highest BCUT2D eigenvalue weighted by Gasteiger charge is 2.10. The van der Waals surface area contributed by atoms with E-state index in [0.717, 1.165) is 11.1 Å². The van der Waals surface area contributed by atoms with Crippen molar-refractivity contribution in [2.24, 2.45) is 0 Å². The highest BCUT2D eigenvalue weighted by Crippen LogP contribution is 2.30. The van der Waals surface area contributed by atoms with Gasteiger partial charge >= 0.3 is 6.03 Å². The van der Waals surface area contributed by atoms with Crippen LogP contribution in [0.3, 0.4) is 0 Å². The lowest BCUT2D eigenvalue weighted by atomic mass is 10.2. The number of anilines is 2. The second-order valence-electron chi connectivity index (χ2n) is 7.94. The average Bonchev–Trinajstić information content (AvgIpc) is 2.84. The first-order valence-electron chi connectivity index (χ1n) is 10.9. The van der Waals surface area contributed by atoms with E-state index >= 15 is 0 Å². The summed E-state index contributed by atoms with van der Waals surface area (Å²) in [4.78, 5) is 29.4. The topological polar surface area (TPSA) is 103 Å². The highest BCUT2D eigenvalue weighted by atomic mass is 16.5. The number of aromatic nitrogens is 2. The summed E-state index contributed by atoms with van der Waals surface area (Å²) in [6.45, 7) is 3.95. The number of urea groups is 1. The minimum atomic E-state index is -0.424. The van der Waals surface area contributed by atoms with Crippen molar-refractivity contribution in [1.29, 1.82) is 0 Å². The van der Waals surface area contributed by atoms with Crippen LogP contribution in [0.4, 0.5) is 16.2 Å². The van der Waals surface area contributed by atoms with Gasteiger partial charge < -0.3 is 24.8 Å². The number of benzene rings is 2. The number of aryl methyl sites for hydroxylation is 2. The van der Waals surface area contributed by atoms with Crippen LogP contribution in [-0.2, 0) is 6.61 Å². The van der Waals surface area contributed by atoms with Gasteiger partial charge in [-0.25, -0.2) is 9.78 Å². The normalized spacial score (nSPS) is 10.6. The van der Waals surface area contributed by atoms with Crippen molar-refractivity contribution in [1.82, 2.24) is 9.38 Å². The number of amides is 2. The maximum Gasteiger partial charge on any atom is 0.323 e. The molecule has 0 fully saturated rings. The quantitative estimate of drug-likeness (QED) is 0.407. The van der Waals surface area contributed by atoms with Crippen molar-refractivity contribution in [3.63, 3.8) is 0 Å². The summed E-state index contributed by atoms with van der Waals surface area (Å²) in [6, 6.07) is 15.2. The minimum absolute atomic E-state index is 0.113. The van der Waals surface area contributed by atoms with Crippen LogP contribution in [0.1, 0.15) is 16.8 Å². The molecule has 2 heterocycles. The van der Waals surface area contributed by atoms with E-state index < -0.39 is 6.03 Å². The lowest BCUT2D eigenvalue weighted by Crippen LogP contribution is -2.19. The predicted octanol–water partition coefficient (Wildman–Crippen LogP) is 4.55. The third-order valence-electron chi connectivity index (χ3n) is 5.34. The number of carbonyl (C=O) groups excluding carboxylic acids is 1. The summed E-state index contributed by atoms with van der Waals surface area (Å²) in [5.74, 6) is 1.64. The zero-order chi connectivity index (χ0) is 24.9. The number of carbonyl (C=O) groups is 1. The molecule has 0 saturated heterocycles. The lowest BCUT2D eigenvalue weighted by Gasteiger charge is -2.13. The molecule has 180 valence electrons. The van der Waals surface area contributed by atoms with Crippen LogP contribution in [0.2, 0.25) is 0 Å². The fraction of sp³-hybridized carbons (Fsp3) is 0.192. The van der Waals surface area contributed by atoms with Gasteiger partial charge in [-0.1, -0.05) is 6.07 Å². The van der Waals surface area contributed by atoms with Crippen LogP contribution >= 0.6 is 0 Å². The number of hydrogen-bond donors (Lipinski definition) is 2. The minimum Gasteiger partial charge on any atom is -0.493 e. The first kappa shape index (κ1) is 23.6. The summed E-state index contributed by atoms with van der Waals surface area (Å²) in [5.41, 5.74) is 3.89. The molecule has 35 heavy (non-hydrogen) atoms. The van der Waals surface area contributed by atoms with Crippen LogP contribution in [-0.4, -0.2) is 29.6 Å². The molecular formula is C26H26N4O5. The number of rotatable bonds is 7. The number of hydrogen-bond acceptors (Lipinski definition) is 6. The van der Waals surface area contributed by atoms with Gasteiger partial charge in [-0.15, -0.1) is 0 Å². The Morgan fingerprint density at radius 3 is 2.29 bits per heavy atom. The molecule has 9 nitrogen and oxygen atoms in total. The average molecular weight is 475 g/mol. The SMILES string of the molecule is COc1ccc(NC(=O)Nc2ccc(C)c(OCc3cc(=O)n4ccc(C)cc4n3)c2)cc1OC. The number of pyridine rings is 1. The van der Waals surface area contributed by atoms with Crippen LogP contribution in [0.25, 0.3) is 5.65 Å². The van der Waals surface area contributed by atoms with E-state index in [1.165, 1.54) is 17.6 Å². The molecule has 2 aromatic heterocycles. The van der Waals surface area contributed by atoms with E-state index in [9.17, 15) is 9.59 Å². The second-order valence-corrected chi connectivity index (χ2v) is 7.94. The Morgan fingerprint density at radius 2 is 1.57 bits per heavy atom. The molecule has 0 aliphatic carbocycles. The second kappa shape index (κ2) is 10.2. The Labute approximate surface area is 202 Å². The third kappa shape index (κ3) is 5.52. The van der Waals surface area contributed by atoms with E-state index in [2.05, 4.69) is 15.6 Å². The van der Waals surface area contributed by atoms with Gasteiger partial charge in [0.15, 0.2) is 11.5 Å². The number of fused-ring (bicyclic) bond motifs is 1. The molecular weight excluding hydrogens is 448 g/mol. The van der Waals surface area contributed by atoms with Gasteiger partial charge in [-0.3, -0.25) is 9.20 Å². The molecule has 4 rings (SSSR count). The largest absolute Gasteiger partial charge is 0.493 e. The smallest absolute Gasteiger partial charge is 0.323 e. The molecule has 0 radical (unpaired) electrons. The maximum atomic E-state index is 12.5. The zero-order valence-electron chi connectivity index (χ0n) is 19.9. The number of nitrogens with zero attached hydrogens (tertiary/aromatic N) is 2. The molecule has 0 atom stereocenters. The van der Waals surface area contributed by atoms with Gasteiger partial charge in [0.2, 0.25) is 0 Å². The van der Waals surface area contributed by atoms with Gasteiger partial charge in [0, 0.05) is 35.8 Å². The number of nitrogens with one attached hydrogen (secondary N) is 2. The summed E-state index contributed by atoms with van der Waals surface area (Å²) in [7, 11) is 3.07. The van der Waals surface area contributed by atoms with Crippen LogP contribution in [0.5, 0.6) is 17.2 Å². The van der Waals surface area contributed by atoms with Crippen LogP contribution < -0.4 is 30.4 Å². The first-order chi connectivity index (χ1) is 16.9. The van der Waals surface area contributed by atoms with Crippen molar-refractivity contribution >= 4 is 23.1 Å². The van der Waals surface area contributed by atoms with Crippen molar-refractivity contribution in [2.75, 3.05) is 24.9 Å². The molecule has 0 unspecified atom stereocenters. The van der Waals surface area contributed by atoms with E-state index in [0.29, 0.717) is 40.0 Å². The molecule has 2 amide bonds. The van der Waals surface area contributed by atoms with E-state index in [1.54, 1.807) is 43.6 Å². The Kier molecular flexibility index (Phi) is 6.86. The number of ether oxygens (including phenoxy) is 3. The molecule has 0 aliphatic rings. The van der Waals surface area contributed by atoms with Gasteiger partial charge in [0.25, 0.3) is 5.56 Å². The van der Waals surface area contributed by atoms with Gasteiger partial charge in [0.05, 0.1) is 19.9 Å². The van der Waals surface area contributed by atoms with Crippen molar-refractivity contribution < 1.29 is 19.0 Å². The van der Waals surface area contributed by atoms with E-state index in [-0.39, 0.29) is 12.2 Å². The highest BCUT2D eigenvalue weighted by molar-refractivity contribution is 6.00. The predicted molar refractivity (Wildman–Crippen MR) is 134 cm³/mol. The molecule has 0 saturated carbocycles. The number of methoxy groups -OCH3 is 2. The molecule has 2 N–H and O–H groups in total. The van der Waals surface area contributed by atoms with Crippen LogP contribution in [0, 0.1) is 13.8 Å². The molecule has 4 aromatic rings. The molecule has 0 aliphatic heterocycles. The summed E-state index contributed by atoms with van der Waals surface area (Å²) in [5, 5.41) is 5.55. The van der Waals surface area contributed by atoms with Crippen molar-refractivity contribution in [2.45, 2.75) is 20.5 Å². The van der Waals surface area contributed by atoms with E-state index in [1.807, 2.05) is 32.0 Å². The van der Waals surface area contributed by atoms with Gasteiger partial charge in [-0.05, 0) is 55.3 Å². The Bertz CT molecular complexity index is 1450. The third-order valence-corrected chi connectivity index (χ3v) is 5.34. The molecule has 9 heteroatoms. The standard InChI is InChI=1S/C26H26N4O5/c1-16-9-10-30-24(11-16)27-20(14-25(30)31)15-35-22-12-18(6-5-17(22)2)28-26(32)29-19-7-8-21(33-3)23(13-19)34-4/h5-14H,15H2,1-4H3,(H2,28,29,32). The monoisotopic (exact) mass is 474 g/mol. The van der Waals surface area contributed by atoms with Crippen molar-refractivity contribution in [3.8, 4) is 17.2 Å². The molecule has 0 spiro atoms. The van der Waals surface area contributed by atoms with E-state index in [4.69, 9.17) is 14.2 Å². The molecule has 2 aromatic carbocycles. The Hall–Kier alpha value is -4.53. The zero-order valence-corrected chi connectivity index (χ0v) is 19.9. The maximum absolute atomic E-state index is 12.5. The van der Waals surface area contributed by atoms with Crippen molar-refractivity contribution in [3.05, 3.63) is 88.0 Å². The summed E-state index contributed by atoms with van der Waals surface area (Å²) in [6.07, 6.45) is 1.71. The van der Waals surface area contributed by atoms with Gasteiger partial charge in [-0.2, -0.15) is 0 Å².